The molecule has 18 heavy (non-hydrogen) atoms. The van der Waals surface area contributed by atoms with Crippen LogP contribution in [-0.2, 0) is 13.0 Å². The highest BCUT2D eigenvalue weighted by molar-refractivity contribution is 5.60. The topological polar surface area (TPSA) is 47.3 Å². The van der Waals surface area contributed by atoms with Crippen LogP contribution in [0, 0.1) is 0 Å². The number of benzene rings is 1. The molecule has 4 heteroatoms. The van der Waals surface area contributed by atoms with Gasteiger partial charge in [-0.15, -0.1) is 0 Å². The standard InChI is InChI=1S/C14H16N2O2/c1-2-15-9-14-16-8-13(18-14)10-3-4-12-11(7-10)5-6-17-12/h3-4,7-8,15H,2,5-6,9H2,1H3. The molecule has 1 aromatic carbocycles. The first-order valence-corrected chi connectivity index (χ1v) is 6.28. The quantitative estimate of drug-likeness (QED) is 0.897. The third-order valence-corrected chi connectivity index (χ3v) is 3.05. The molecule has 2 heterocycles. The van der Waals surface area contributed by atoms with E-state index in [9.17, 15) is 0 Å². The summed E-state index contributed by atoms with van der Waals surface area (Å²) in [7, 11) is 0. The fourth-order valence-electron chi connectivity index (χ4n) is 2.10. The molecule has 0 fully saturated rings. The van der Waals surface area contributed by atoms with Crippen LogP contribution in [0.4, 0.5) is 0 Å². The van der Waals surface area contributed by atoms with E-state index in [1.54, 1.807) is 6.20 Å². The molecule has 0 spiro atoms. The van der Waals surface area contributed by atoms with Crippen molar-refractivity contribution in [3.8, 4) is 17.1 Å². The maximum absolute atomic E-state index is 5.72. The lowest BCUT2D eigenvalue weighted by atomic mass is 10.1. The van der Waals surface area contributed by atoms with Crippen LogP contribution in [0.25, 0.3) is 11.3 Å². The number of nitrogens with one attached hydrogen (secondary N) is 1. The van der Waals surface area contributed by atoms with Crippen molar-refractivity contribution in [2.24, 2.45) is 0 Å². The van der Waals surface area contributed by atoms with Crippen molar-refractivity contribution in [1.82, 2.24) is 10.3 Å². The van der Waals surface area contributed by atoms with Gasteiger partial charge in [0.1, 0.15) is 5.75 Å². The average Bonchev–Trinajstić information content (AvgIpc) is 3.04. The highest BCUT2D eigenvalue weighted by Crippen LogP contribution is 2.30. The number of rotatable bonds is 4. The number of oxazole rings is 1. The molecule has 2 aromatic rings. The number of ether oxygens (including phenoxy) is 1. The Balaban J connectivity index is 1.83. The molecule has 0 bridgehead atoms. The lowest BCUT2D eigenvalue weighted by molar-refractivity contribution is 0.357. The Morgan fingerprint density at radius 1 is 1.39 bits per heavy atom. The first-order valence-electron chi connectivity index (χ1n) is 6.28. The predicted octanol–water partition coefficient (Wildman–Crippen LogP) is 2.39. The van der Waals surface area contributed by atoms with E-state index in [0.29, 0.717) is 6.54 Å². The highest BCUT2D eigenvalue weighted by atomic mass is 16.5. The molecule has 1 aliphatic heterocycles. The second-order valence-electron chi connectivity index (χ2n) is 4.32. The first kappa shape index (κ1) is 11.3. The van der Waals surface area contributed by atoms with Crippen LogP contribution in [0.15, 0.2) is 28.8 Å². The van der Waals surface area contributed by atoms with Gasteiger partial charge in [0.2, 0.25) is 5.89 Å². The molecular formula is C14H16N2O2. The smallest absolute Gasteiger partial charge is 0.208 e. The SMILES string of the molecule is CCNCc1ncc(-c2ccc3c(c2)CCO3)o1. The molecule has 94 valence electrons. The maximum Gasteiger partial charge on any atom is 0.208 e. The van der Waals surface area contributed by atoms with E-state index in [0.717, 1.165) is 42.5 Å². The Morgan fingerprint density at radius 3 is 3.22 bits per heavy atom. The zero-order valence-corrected chi connectivity index (χ0v) is 10.4. The largest absolute Gasteiger partial charge is 0.493 e. The summed E-state index contributed by atoms with van der Waals surface area (Å²) in [4.78, 5) is 4.26. The molecule has 0 unspecified atom stereocenters. The minimum absolute atomic E-state index is 0.671. The molecule has 0 atom stereocenters. The second-order valence-corrected chi connectivity index (χ2v) is 4.32. The number of hydrogen-bond acceptors (Lipinski definition) is 4. The highest BCUT2D eigenvalue weighted by Gasteiger charge is 2.14. The van der Waals surface area contributed by atoms with Crippen molar-refractivity contribution in [2.45, 2.75) is 19.9 Å². The van der Waals surface area contributed by atoms with Gasteiger partial charge in [0.05, 0.1) is 19.3 Å². The molecular weight excluding hydrogens is 228 g/mol. The molecule has 0 saturated heterocycles. The van der Waals surface area contributed by atoms with E-state index in [1.165, 1.54) is 5.56 Å². The lowest BCUT2D eigenvalue weighted by Gasteiger charge is -2.01. The van der Waals surface area contributed by atoms with E-state index in [4.69, 9.17) is 9.15 Å². The van der Waals surface area contributed by atoms with Crippen molar-refractivity contribution in [3.05, 3.63) is 35.9 Å². The Hall–Kier alpha value is -1.81. The van der Waals surface area contributed by atoms with Crippen LogP contribution >= 0.6 is 0 Å². The van der Waals surface area contributed by atoms with Crippen LogP contribution in [0.3, 0.4) is 0 Å². The lowest BCUT2D eigenvalue weighted by Crippen LogP contribution is -2.11. The molecule has 1 aliphatic rings. The van der Waals surface area contributed by atoms with Gasteiger partial charge in [0.25, 0.3) is 0 Å². The van der Waals surface area contributed by atoms with E-state index in [-0.39, 0.29) is 0 Å². The van der Waals surface area contributed by atoms with Gasteiger partial charge >= 0.3 is 0 Å². The first-order chi connectivity index (χ1) is 8.86. The summed E-state index contributed by atoms with van der Waals surface area (Å²) in [5, 5.41) is 3.19. The summed E-state index contributed by atoms with van der Waals surface area (Å²) in [6.07, 6.45) is 2.76. The van der Waals surface area contributed by atoms with Gasteiger partial charge in [-0.25, -0.2) is 4.98 Å². The third kappa shape index (κ3) is 2.11. The van der Waals surface area contributed by atoms with Gasteiger partial charge in [-0.05, 0) is 30.3 Å². The maximum atomic E-state index is 5.72. The third-order valence-electron chi connectivity index (χ3n) is 3.05. The normalized spacial score (nSPS) is 13.4. The molecule has 4 nitrogen and oxygen atoms in total. The minimum Gasteiger partial charge on any atom is -0.493 e. The van der Waals surface area contributed by atoms with Crippen molar-refractivity contribution in [2.75, 3.05) is 13.2 Å². The van der Waals surface area contributed by atoms with Crippen LogP contribution in [0.1, 0.15) is 18.4 Å². The Bertz CT molecular complexity index is 548. The van der Waals surface area contributed by atoms with Crippen LogP contribution < -0.4 is 10.1 Å². The summed E-state index contributed by atoms with van der Waals surface area (Å²) in [5.74, 6) is 2.53. The molecule has 3 rings (SSSR count). The fraction of sp³-hybridized carbons (Fsp3) is 0.357. The van der Waals surface area contributed by atoms with Gasteiger partial charge in [0, 0.05) is 12.0 Å². The van der Waals surface area contributed by atoms with E-state index >= 15 is 0 Å². The molecule has 0 saturated carbocycles. The zero-order valence-electron chi connectivity index (χ0n) is 10.4. The van der Waals surface area contributed by atoms with Crippen LogP contribution in [0.5, 0.6) is 5.75 Å². The molecule has 0 amide bonds. The van der Waals surface area contributed by atoms with Crippen molar-refractivity contribution >= 4 is 0 Å². The average molecular weight is 244 g/mol. The fourth-order valence-corrected chi connectivity index (χ4v) is 2.10. The number of aromatic nitrogens is 1. The van der Waals surface area contributed by atoms with E-state index in [1.807, 2.05) is 12.1 Å². The van der Waals surface area contributed by atoms with Gasteiger partial charge < -0.3 is 14.5 Å². The summed E-state index contributed by atoms with van der Waals surface area (Å²) < 4.78 is 11.2. The molecule has 1 aromatic heterocycles. The van der Waals surface area contributed by atoms with Crippen molar-refractivity contribution in [1.29, 1.82) is 0 Å². The Labute approximate surface area is 106 Å². The van der Waals surface area contributed by atoms with Gasteiger partial charge in [-0.3, -0.25) is 0 Å². The monoisotopic (exact) mass is 244 g/mol. The summed E-state index contributed by atoms with van der Waals surface area (Å²) in [6, 6.07) is 6.14. The van der Waals surface area contributed by atoms with Crippen LogP contribution in [0.2, 0.25) is 0 Å². The summed E-state index contributed by atoms with van der Waals surface area (Å²) in [5.41, 5.74) is 2.31. The van der Waals surface area contributed by atoms with E-state index < -0.39 is 0 Å². The second kappa shape index (κ2) is 4.82. The van der Waals surface area contributed by atoms with Gasteiger partial charge in [0.15, 0.2) is 5.76 Å². The van der Waals surface area contributed by atoms with Gasteiger partial charge in [-0.1, -0.05) is 6.92 Å². The predicted molar refractivity (Wildman–Crippen MR) is 68.5 cm³/mol. The summed E-state index contributed by atoms with van der Waals surface area (Å²) in [6.45, 7) is 4.42. The number of fused-ring (bicyclic) bond motifs is 1. The van der Waals surface area contributed by atoms with Crippen molar-refractivity contribution < 1.29 is 9.15 Å². The number of nitrogens with zero attached hydrogens (tertiary/aromatic N) is 1. The van der Waals surface area contributed by atoms with Crippen LogP contribution in [-0.4, -0.2) is 18.1 Å². The minimum atomic E-state index is 0.671. The van der Waals surface area contributed by atoms with Gasteiger partial charge in [-0.2, -0.15) is 0 Å². The molecule has 0 aliphatic carbocycles. The Morgan fingerprint density at radius 2 is 2.33 bits per heavy atom. The summed E-state index contributed by atoms with van der Waals surface area (Å²) >= 11 is 0. The number of hydrogen-bond donors (Lipinski definition) is 1. The molecule has 0 radical (unpaired) electrons. The Kier molecular flexibility index (Phi) is 3.02. The van der Waals surface area contributed by atoms with E-state index in [2.05, 4.69) is 23.3 Å². The zero-order chi connectivity index (χ0) is 12.4. The van der Waals surface area contributed by atoms with Crippen molar-refractivity contribution in [3.63, 3.8) is 0 Å². The molecule has 1 N–H and O–H groups in total.